The lowest BCUT2D eigenvalue weighted by Crippen LogP contribution is -2.14. The molecule has 8 heteroatoms. The Morgan fingerprint density at radius 3 is 2.82 bits per heavy atom. The molecule has 0 aliphatic rings. The molecule has 22 heavy (non-hydrogen) atoms. The van der Waals surface area contributed by atoms with Gasteiger partial charge in [-0.15, -0.1) is 11.3 Å². The SMILES string of the molecule is Cc1c(C(N)=O)sc2ncnc(Nc3ccc(=O)n(C)c3)c12. The number of hydrogen-bond acceptors (Lipinski definition) is 6. The fraction of sp³-hybridized carbons (Fsp3) is 0.143. The summed E-state index contributed by atoms with van der Waals surface area (Å²) in [7, 11) is 1.67. The van der Waals surface area contributed by atoms with E-state index in [2.05, 4.69) is 15.3 Å². The number of carbonyl (C=O) groups excluding carboxylic acids is 1. The van der Waals surface area contributed by atoms with Gasteiger partial charge < -0.3 is 15.6 Å². The molecule has 0 unspecified atom stereocenters. The molecule has 0 bridgehead atoms. The summed E-state index contributed by atoms with van der Waals surface area (Å²) >= 11 is 1.24. The van der Waals surface area contributed by atoms with Crippen molar-refractivity contribution >= 4 is 39.0 Å². The molecular formula is C14H13N5O2S. The van der Waals surface area contributed by atoms with Gasteiger partial charge in [-0.3, -0.25) is 9.59 Å². The fourth-order valence-corrected chi connectivity index (χ4v) is 3.21. The van der Waals surface area contributed by atoms with Crippen LogP contribution in [-0.2, 0) is 7.05 Å². The molecule has 0 fully saturated rings. The molecule has 0 aliphatic heterocycles. The van der Waals surface area contributed by atoms with Crippen LogP contribution in [-0.4, -0.2) is 20.4 Å². The van der Waals surface area contributed by atoms with E-state index in [0.717, 1.165) is 10.9 Å². The molecule has 7 nitrogen and oxygen atoms in total. The maximum atomic E-state index is 11.5. The first-order valence-corrected chi connectivity index (χ1v) is 7.26. The van der Waals surface area contributed by atoms with Crippen LogP contribution in [0.3, 0.4) is 0 Å². The van der Waals surface area contributed by atoms with Crippen molar-refractivity contribution in [1.82, 2.24) is 14.5 Å². The summed E-state index contributed by atoms with van der Waals surface area (Å²) in [6.45, 7) is 1.81. The topological polar surface area (TPSA) is 103 Å². The molecule has 3 N–H and O–H groups in total. The maximum Gasteiger partial charge on any atom is 0.259 e. The Bertz CT molecular complexity index is 944. The third-order valence-electron chi connectivity index (χ3n) is 3.30. The van der Waals surface area contributed by atoms with Crippen molar-refractivity contribution in [2.24, 2.45) is 12.8 Å². The van der Waals surface area contributed by atoms with E-state index < -0.39 is 5.91 Å². The zero-order valence-electron chi connectivity index (χ0n) is 12.0. The summed E-state index contributed by atoms with van der Waals surface area (Å²) in [5.74, 6) is 0.0958. The van der Waals surface area contributed by atoms with Gasteiger partial charge in [0.25, 0.3) is 5.91 Å². The lowest BCUT2D eigenvalue weighted by atomic mass is 10.2. The van der Waals surface area contributed by atoms with Crippen LogP contribution in [0.2, 0.25) is 0 Å². The first kappa shape index (κ1) is 14.2. The lowest BCUT2D eigenvalue weighted by molar-refractivity contribution is 0.100. The van der Waals surface area contributed by atoms with Gasteiger partial charge in [0.05, 0.1) is 16.0 Å². The minimum atomic E-state index is -0.478. The van der Waals surface area contributed by atoms with E-state index in [4.69, 9.17) is 5.73 Å². The molecule has 0 spiro atoms. The summed E-state index contributed by atoms with van der Waals surface area (Å²) in [4.78, 5) is 32.5. The van der Waals surface area contributed by atoms with Crippen LogP contribution >= 0.6 is 11.3 Å². The van der Waals surface area contributed by atoms with E-state index in [1.165, 1.54) is 28.3 Å². The second-order valence-corrected chi connectivity index (χ2v) is 5.81. The number of hydrogen-bond donors (Lipinski definition) is 2. The molecule has 3 rings (SSSR count). The van der Waals surface area contributed by atoms with Crippen LogP contribution in [0.1, 0.15) is 15.2 Å². The quantitative estimate of drug-likeness (QED) is 0.763. The second kappa shape index (κ2) is 5.23. The minimum absolute atomic E-state index is 0.0962. The number of pyridine rings is 1. The van der Waals surface area contributed by atoms with E-state index in [0.29, 0.717) is 21.2 Å². The fourth-order valence-electron chi connectivity index (χ4n) is 2.21. The highest BCUT2D eigenvalue weighted by atomic mass is 32.1. The summed E-state index contributed by atoms with van der Waals surface area (Å²) in [6.07, 6.45) is 3.10. The van der Waals surface area contributed by atoms with Crippen LogP contribution in [0.15, 0.2) is 29.5 Å². The molecule has 3 aromatic heterocycles. The Morgan fingerprint density at radius 1 is 1.36 bits per heavy atom. The van der Waals surface area contributed by atoms with Crippen LogP contribution in [0.4, 0.5) is 11.5 Å². The molecule has 3 aromatic rings. The smallest absolute Gasteiger partial charge is 0.259 e. The van der Waals surface area contributed by atoms with Crippen molar-refractivity contribution in [3.05, 3.63) is 45.5 Å². The molecule has 1 amide bonds. The van der Waals surface area contributed by atoms with E-state index in [-0.39, 0.29) is 5.56 Å². The standard InChI is InChI=1S/C14H13N5O2S/c1-7-10-13(18-8-3-4-9(20)19(2)5-8)16-6-17-14(10)22-11(7)12(15)21/h3-6H,1-2H3,(H2,15,21)(H,16,17,18). The van der Waals surface area contributed by atoms with Gasteiger partial charge in [-0.2, -0.15) is 0 Å². The van der Waals surface area contributed by atoms with Crippen molar-refractivity contribution < 1.29 is 4.79 Å². The summed E-state index contributed by atoms with van der Waals surface area (Å²) in [6, 6.07) is 3.14. The van der Waals surface area contributed by atoms with E-state index in [1.807, 2.05) is 6.92 Å². The van der Waals surface area contributed by atoms with Gasteiger partial charge >= 0.3 is 0 Å². The van der Waals surface area contributed by atoms with Gasteiger partial charge in [0.15, 0.2) is 0 Å². The Hall–Kier alpha value is -2.74. The van der Waals surface area contributed by atoms with Crippen molar-refractivity contribution in [2.45, 2.75) is 6.92 Å². The van der Waals surface area contributed by atoms with E-state index in [9.17, 15) is 9.59 Å². The van der Waals surface area contributed by atoms with Gasteiger partial charge in [0.1, 0.15) is 17.0 Å². The highest BCUT2D eigenvalue weighted by Crippen LogP contribution is 2.33. The summed E-state index contributed by atoms with van der Waals surface area (Å²) < 4.78 is 1.47. The molecule has 3 heterocycles. The van der Waals surface area contributed by atoms with Gasteiger partial charge in [-0.25, -0.2) is 9.97 Å². The number of primary amides is 1. The first-order valence-electron chi connectivity index (χ1n) is 6.45. The predicted molar refractivity (Wildman–Crippen MR) is 85.6 cm³/mol. The molecule has 0 aliphatic carbocycles. The van der Waals surface area contributed by atoms with Crippen molar-refractivity contribution in [1.29, 1.82) is 0 Å². The molecule has 0 saturated heterocycles. The van der Waals surface area contributed by atoms with Gasteiger partial charge in [0, 0.05) is 19.3 Å². The number of nitrogens with one attached hydrogen (secondary N) is 1. The number of anilines is 2. The third-order valence-corrected chi connectivity index (χ3v) is 4.51. The number of aromatic nitrogens is 3. The average molecular weight is 315 g/mol. The van der Waals surface area contributed by atoms with Crippen LogP contribution in [0.5, 0.6) is 0 Å². The van der Waals surface area contributed by atoms with Crippen molar-refractivity contribution in [2.75, 3.05) is 5.32 Å². The lowest BCUT2D eigenvalue weighted by Gasteiger charge is -2.08. The molecular weight excluding hydrogens is 302 g/mol. The third kappa shape index (κ3) is 2.33. The van der Waals surface area contributed by atoms with Crippen molar-refractivity contribution in [3.8, 4) is 0 Å². The Balaban J connectivity index is 2.12. The van der Waals surface area contributed by atoms with E-state index in [1.54, 1.807) is 19.3 Å². The minimum Gasteiger partial charge on any atom is -0.365 e. The molecule has 0 radical (unpaired) electrons. The van der Waals surface area contributed by atoms with E-state index >= 15 is 0 Å². The molecule has 0 atom stereocenters. The van der Waals surface area contributed by atoms with Crippen LogP contribution in [0.25, 0.3) is 10.2 Å². The highest BCUT2D eigenvalue weighted by molar-refractivity contribution is 7.20. The predicted octanol–water partition coefficient (Wildman–Crippen LogP) is 1.54. The molecule has 112 valence electrons. The zero-order valence-corrected chi connectivity index (χ0v) is 12.8. The molecule has 0 saturated carbocycles. The number of amides is 1. The number of nitrogens with zero attached hydrogens (tertiary/aromatic N) is 3. The number of aryl methyl sites for hydroxylation is 2. The number of nitrogens with two attached hydrogens (primary N) is 1. The number of rotatable bonds is 3. The Kier molecular flexibility index (Phi) is 3.38. The molecule has 0 aromatic carbocycles. The largest absolute Gasteiger partial charge is 0.365 e. The summed E-state index contributed by atoms with van der Waals surface area (Å²) in [5, 5.41) is 3.91. The Morgan fingerprint density at radius 2 is 2.14 bits per heavy atom. The number of thiophene rings is 1. The van der Waals surface area contributed by atoms with Gasteiger partial charge in [0.2, 0.25) is 5.56 Å². The zero-order chi connectivity index (χ0) is 15.9. The van der Waals surface area contributed by atoms with Crippen molar-refractivity contribution in [3.63, 3.8) is 0 Å². The van der Waals surface area contributed by atoms with Gasteiger partial charge in [-0.1, -0.05) is 0 Å². The number of carbonyl (C=O) groups is 1. The van der Waals surface area contributed by atoms with Crippen LogP contribution < -0.4 is 16.6 Å². The second-order valence-electron chi connectivity index (χ2n) is 4.81. The van der Waals surface area contributed by atoms with Crippen LogP contribution in [0, 0.1) is 6.92 Å². The summed E-state index contributed by atoms with van der Waals surface area (Å²) in [5.41, 5.74) is 6.75. The normalized spacial score (nSPS) is 10.8. The highest BCUT2D eigenvalue weighted by Gasteiger charge is 2.17. The average Bonchev–Trinajstić information content (AvgIpc) is 2.81. The number of fused-ring (bicyclic) bond motifs is 1. The monoisotopic (exact) mass is 315 g/mol. The Labute approximate surface area is 129 Å². The maximum absolute atomic E-state index is 11.5. The first-order chi connectivity index (χ1) is 10.5. The van der Waals surface area contributed by atoms with Gasteiger partial charge in [-0.05, 0) is 18.6 Å².